The SMILES string of the molecule is N#Cc1ccc(Cl)cc1S(=O)(=O)NCC1(C(=O)O)CC1. The van der Waals surface area contributed by atoms with Crippen LogP contribution in [0.1, 0.15) is 18.4 Å². The van der Waals surface area contributed by atoms with E-state index in [0.29, 0.717) is 12.8 Å². The van der Waals surface area contributed by atoms with Crippen molar-refractivity contribution in [1.82, 2.24) is 4.72 Å². The normalized spacial score (nSPS) is 16.4. The summed E-state index contributed by atoms with van der Waals surface area (Å²) < 4.78 is 26.5. The molecule has 20 heavy (non-hydrogen) atoms. The lowest BCUT2D eigenvalue weighted by Gasteiger charge is -2.12. The summed E-state index contributed by atoms with van der Waals surface area (Å²) >= 11 is 5.74. The molecule has 1 aliphatic rings. The number of carboxylic acid groups (broad SMARTS) is 1. The van der Waals surface area contributed by atoms with Gasteiger partial charge in [0.05, 0.1) is 11.0 Å². The Hall–Kier alpha value is -1.62. The summed E-state index contributed by atoms with van der Waals surface area (Å²) in [5.41, 5.74) is -1.06. The van der Waals surface area contributed by atoms with Gasteiger partial charge in [-0.15, -0.1) is 0 Å². The molecule has 0 saturated heterocycles. The predicted octanol–water partition coefficient (Wildman–Crippen LogP) is 1.35. The molecule has 0 radical (unpaired) electrons. The summed E-state index contributed by atoms with van der Waals surface area (Å²) in [6.07, 6.45) is 0.872. The average molecular weight is 315 g/mol. The van der Waals surface area contributed by atoms with Crippen LogP contribution in [-0.2, 0) is 14.8 Å². The minimum atomic E-state index is -3.97. The molecule has 2 N–H and O–H groups in total. The third-order valence-corrected chi connectivity index (χ3v) is 4.94. The first-order chi connectivity index (χ1) is 9.31. The van der Waals surface area contributed by atoms with Crippen LogP contribution in [0, 0.1) is 16.7 Å². The monoisotopic (exact) mass is 314 g/mol. The first-order valence-electron chi connectivity index (χ1n) is 5.73. The number of halogens is 1. The second kappa shape index (κ2) is 5.05. The van der Waals surface area contributed by atoms with Crippen molar-refractivity contribution in [3.05, 3.63) is 28.8 Å². The molecule has 6 nitrogen and oxygen atoms in total. The molecular weight excluding hydrogens is 304 g/mol. The van der Waals surface area contributed by atoms with Gasteiger partial charge in [0.2, 0.25) is 10.0 Å². The maximum absolute atomic E-state index is 12.1. The van der Waals surface area contributed by atoms with E-state index in [1.807, 2.05) is 0 Å². The number of nitrogens with one attached hydrogen (secondary N) is 1. The van der Waals surface area contributed by atoms with Crippen LogP contribution >= 0.6 is 11.6 Å². The van der Waals surface area contributed by atoms with Gasteiger partial charge in [-0.05, 0) is 31.0 Å². The zero-order chi connectivity index (χ0) is 15.0. The third kappa shape index (κ3) is 2.77. The highest BCUT2D eigenvalue weighted by Gasteiger charge is 2.50. The van der Waals surface area contributed by atoms with Gasteiger partial charge in [-0.25, -0.2) is 13.1 Å². The minimum absolute atomic E-state index is 0.0397. The number of aliphatic carboxylic acids is 1. The second-order valence-corrected chi connectivity index (χ2v) is 6.83. The van der Waals surface area contributed by atoms with Crippen molar-refractivity contribution in [2.45, 2.75) is 17.7 Å². The summed E-state index contributed by atoms with van der Waals surface area (Å²) in [6, 6.07) is 5.66. The number of nitrogens with zero attached hydrogens (tertiary/aromatic N) is 1. The Bertz CT molecular complexity index is 705. The summed E-state index contributed by atoms with van der Waals surface area (Å²) in [7, 11) is -3.97. The van der Waals surface area contributed by atoms with Crippen molar-refractivity contribution in [3.63, 3.8) is 0 Å². The summed E-state index contributed by atoms with van der Waals surface area (Å²) in [5, 5.41) is 18.1. The maximum Gasteiger partial charge on any atom is 0.310 e. The number of nitriles is 1. The molecule has 0 heterocycles. The van der Waals surface area contributed by atoms with Crippen LogP contribution < -0.4 is 4.72 Å². The highest BCUT2D eigenvalue weighted by molar-refractivity contribution is 7.89. The Morgan fingerprint density at radius 3 is 2.65 bits per heavy atom. The van der Waals surface area contributed by atoms with E-state index in [4.69, 9.17) is 22.0 Å². The van der Waals surface area contributed by atoms with Crippen LogP contribution in [0.5, 0.6) is 0 Å². The Labute approximate surface area is 121 Å². The largest absolute Gasteiger partial charge is 0.481 e. The summed E-state index contributed by atoms with van der Waals surface area (Å²) in [4.78, 5) is 10.8. The molecule has 1 aromatic rings. The highest BCUT2D eigenvalue weighted by atomic mass is 35.5. The average Bonchev–Trinajstić information content (AvgIpc) is 3.18. The molecule has 1 saturated carbocycles. The van der Waals surface area contributed by atoms with Gasteiger partial charge in [-0.2, -0.15) is 5.26 Å². The molecule has 0 spiro atoms. The standard InChI is InChI=1S/C12H11ClN2O4S/c13-9-2-1-8(6-14)10(5-9)20(18,19)15-7-12(3-4-12)11(16)17/h1-2,5,15H,3-4,7H2,(H,16,17). The van der Waals surface area contributed by atoms with Crippen molar-refractivity contribution >= 4 is 27.6 Å². The lowest BCUT2D eigenvalue weighted by Crippen LogP contribution is -2.34. The van der Waals surface area contributed by atoms with E-state index in [1.165, 1.54) is 18.2 Å². The smallest absolute Gasteiger partial charge is 0.310 e. The number of hydrogen-bond donors (Lipinski definition) is 2. The number of hydrogen-bond acceptors (Lipinski definition) is 4. The Morgan fingerprint density at radius 1 is 1.50 bits per heavy atom. The van der Waals surface area contributed by atoms with Gasteiger partial charge >= 0.3 is 5.97 Å². The fourth-order valence-corrected chi connectivity index (χ4v) is 3.28. The number of rotatable bonds is 5. The van der Waals surface area contributed by atoms with E-state index >= 15 is 0 Å². The fraction of sp³-hybridized carbons (Fsp3) is 0.333. The highest BCUT2D eigenvalue weighted by Crippen LogP contribution is 2.45. The van der Waals surface area contributed by atoms with Gasteiger partial charge in [0.15, 0.2) is 0 Å². The molecule has 2 rings (SSSR count). The third-order valence-electron chi connectivity index (χ3n) is 3.26. The molecule has 1 fully saturated rings. The Balaban J connectivity index is 2.26. The molecule has 0 unspecified atom stereocenters. The van der Waals surface area contributed by atoms with E-state index in [9.17, 15) is 13.2 Å². The van der Waals surface area contributed by atoms with Gasteiger partial charge in [0, 0.05) is 11.6 Å². The lowest BCUT2D eigenvalue weighted by atomic mass is 10.1. The van der Waals surface area contributed by atoms with E-state index in [2.05, 4.69) is 4.72 Å². The number of benzene rings is 1. The van der Waals surface area contributed by atoms with Gasteiger partial charge in [-0.1, -0.05) is 11.6 Å². The van der Waals surface area contributed by atoms with Gasteiger partial charge < -0.3 is 5.11 Å². The van der Waals surface area contributed by atoms with Gasteiger partial charge in [0.1, 0.15) is 11.0 Å². The number of sulfonamides is 1. The molecule has 1 aliphatic carbocycles. The molecule has 0 atom stereocenters. The van der Waals surface area contributed by atoms with Crippen molar-refractivity contribution in [2.24, 2.45) is 5.41 Å². The molecule has 0 aliphatic heterocycles. The minimum Gasteiger partial charge on any atom is -0.481 e. The van der Waals surface area contributed by atoms with Crippen LogP contribution in [0.4, 0.5) is 0 Å². The number of carbonyl (C=O) groups is 1. The first-order valence-corrected chi connectivity index (χ1v) is 7.60. The van der Waals surface area contributed by atoms with Gasteiger partial charge in [-0.3, -0.25) is 4.79 Å². The molecule has 0 amide bonds. The van der Waals surface area contributed by atoms with Crippen molar-refractivity contribution in [1.29, 1.82) is 5.26 Å². The van der Waals surface area contributed by atoms with Crippen LogP contribution in [-0.4, -0.2) is 26.0 Å². The fourth-order valence-electron chi connectivity index (χ4n) is 1.74. The molecule has 106 valence electrons. The van der Waals surface area contributed by atoms with E-state index in [1.54, 1.807) is 6.07 Å². The van der Waals surface area contributed by atoms with Crippen LogP contribution in [0.3, 0.4) is 0 Å². The van der Waals surface area contributed by atoms with Crippen LogP contribution in [0.25, 0.3) is 0 Å². The van der Waals surface area contributed by atoms with Crippen molar-refractivity contribution < 1.29 is 18.3 Å². The molecule has 0 bridgehead atoms. The van der Waals surface area contributed by atoms with Gasteiger partial charge in [0.25, 0.3) is 0 Å². The second-order valence-electron chi connectivity index (χ2n) is 4.66. The molecule has 0 aromatic heterocycles. The lowest BCUT2D eigenvalue weighted by molar-refractivity contribution is -0.143. The van der Waals surface area contributed by atoms with Crippen molar-refractivity contribution in [3.8, 4) is 6.07 Å². The zero-order valence-corrected chi connectivity index (χ0v) is 11.8. The van der Waals surface area contributed by atoms with E-state index < -0.39 is 21.4 Å². The molecule has 1 aromatic carbocycles. The van der Waals surface area contributed by atoms with E-state index in [0.717, 1.165) is 0 Å². The topological polar surface area (TPSA) is 107 Å². The van der Waals surface area contributed by atoms with Crippen LogP contribution in [0.15, 0.2) is 23.1 Å². The van der Waals surface area contributed by atoms with Crippen molar-refractivity contribution in [2.75, 3.05) is 6.54 Å². The summed E-state index contributed by atoms with van der Waals surface area (Å²) in [5.74, 6) is -1.02. The Kier molecular flexibility index (Phi) is 3.73. The predicted molar refractivity (Wildman–Crippen MR) is 70.7 cm³/mol. The number of carboxylic acids is 1. The van der Waals surface area contributed by atoms with E-state index in [-0.39, 0.29) is 22.0 Å². The van der Waals surface area contributed by atoms with Crippen LogP contribution in [0.2, 0.25) is 5.02 Å². The Morgan fingerprint density at radius 2 is 2.15 bits per heavy atom. The maximum atomic E-state index is 12.1. The first kappa shape index (κ1) is 14.8. The quantitative estimate of drug-likeness (QED) is 0.853. The zero-order valence-electron chi connectivity index (χ0n) is 10.3. The molecule has 8 heteroatoms. The summed E-state index contributed by atoms with van der Waals surface area (Å²) in [6.45, 7) is -0.192. The molecular formula is C12H11ClN2O4S.